The van der Waals surface area contributed by atoms with Gasteiger partial charge >= 0.3 is 5.97 Å². The van der Waals surface area contributed by atoms with Crippen molar-refractivity contribution in [3.8, 4) is 0 Å². The van der Waals surface area contributed by atoms with E-state index in [2.05, 4.69) is 10.6 Å². The number of carbonyl (C=O) groups excluding carboxylic acids is 1. The molecule has 0 spiro atoms. The fourth-order valence-electron chi connectivity index (χ4n) is 1.27. The maximum Gasteiger partial charge on any atom is 0.303 e. The maximum absolute atomic E-state index is 11.2. The molecule has 16 heavy (non-hydrogen) atoms. The molecule has 0 aromatic rings. The highest BCUT2D eigenvalue weighted by molar-refractivity contribution is 5.75. The first kappa shape index (κ1) is 14.9. The molecule has 0 radical (unpaired) electrons. The van der Waals surface area contributed by atoms with Crippen molar-refractivity contribution in [2.45, 2.75) is 39.0 Å². The Morgan fingerprint density at radius 2 is 1.81 bits per heavy atom. The molecule has 0 unspecified atom stereocenters. The summed E-state index contributed by atoms with van der Waals surface area (Å²) in [6.45, 7) is 4.23. The van der Waals surface area contributed by atoms with Gasteiger partial charge in [0.2, 0.25) is 5.91 Å². The average Bonchev–Trinajstić information content (AvgIpc) is 2.23. The predicted molar refractivity (Wildman–Crippen MR) is 62.3 cm³/mol. The van der Waals surface area contributed by atoms with Crippen LogP contribution in [0.4, 0.5) is 0 Å². The molecular weight excluding hydrogens is 208 g/mol. The number of nitrogens with one attached hydrogen (secondary N) is 2. The molecule has 0 aliphatic heterocycles. The summed E-state index contributed by atoms with van der Waals surface area (Å²) >= 11 is 0. The van der Waals surface area contributed by atoms with Crippen molar-refractivity contribution >= 4 is 11.9 Å². The van der Waals surface area contributed by atoms with Crippen molar-refractivity contribution in [2.75, 3.05) is 19.6 Å². The summed E-state index contributed by atoms with van der Waals surface area (Å²) in [5, 5.41) is 14.3. The van der Waals surface area contributed by atoms with Gasteiger partial charge in [0.15, 0.2) is 0 Å². The van der Waals surface area contributed by atoms with Crippen LogP contribution in [0.3, 0.4) is 0 Å². The van der Waals surface area contributed by atoms with E-state index in [1.165, 1.54) is 0 Å². The number of hydrogen-bond acceptors (Lipinski definition) is 3. The predicted octanol–water partition coefficient (Wildman–Crippen LogP) is 0.747. The zero-order valence-corrected chi connectivity index (χ0v) is 9.92. The molecule has 0 bridgehead atoms. The van der Waals surface area contributed by atoms with Crippen LogP contribution >= 0.6 is 0 Å². The van der Waals surface area contributed by atoms with Crippen molar-refractivity contribution < 1.29 is 14.7 Å². The Bertz CT molecular complexity index is 207. The SMILES string of the molecule is CCNCCC(=O)NCCCCCC(=O)O. The third kappa shape index (κ3) is 11.0. The van der Waals surface area contributed by atoms with Crippen LogP contribution in [-0.4, -0.2) is 36.6 Å². The number of amides is 1. The number of aliphatic carboxylic acids is 1. The fraction of sp³-hybridized carbons (Fsp3) is 0.818. The third-order valence-corrected chi connectivity index (χ3v) is 2.17. The van der Waals surface area contributed by atoms with Crippen LogP contribution in [0.5, 0.6) is 0 Å². The molecule has 94 valence electrons. The zero-order chi connectivity index (χ0) is 12.2. The van der Waals surface area contributed by atoms with Gasteiger partial charge in [-0.05, 0) is 19.4 Å². The molecule has 1 amide bonds. The van der Waals surface area contributed by atoms with E-state index in [4.69, 9.17) is 5.11 Å². The van der Waals surface area contributed by atoms with Gasteiger partial charge in [-0.15, -0.1) is 0 Å². The third-order valence-electron chi connectivity index (χ3n) is 2.17. The topological polar surface area (TPSA) is 78.4 Å². The Hall–Kier alpha value is -1.10. The van der Waals surface area contributed by atoms with E-state index in [1.54, 1.807) is 0 Å². The normalized spacial score (nSPS) is 10.1. The Labute approximate surface area is 96.6 Å². The van der Waals surface area contributed by atoms with E-state index >= 15 is 0 Å². The molecule has 0 fully saturated rings. The lowest BCUT2D eigenvalue weighted by molar-refractivity contribution is -0.137. The van der Waals surface area contributed by atoms with Crippen molar-refractivity contribution in [1.82, 2.24) is 10.6 Å². The first-order chi connectivity index (χ1) is 7.66. The molecule has 0 saturated carbocycles. The molecule has 3 N–H and O–H groups in total. The van der Waals surface area contributed by atoms with Crippen LogP contribution < -0.4 is 10.6 Å². The summed E-state index contributed by atoms with van der Waals surface area (Å²) in [7, 11) is 0. The average molecular weight is 230 g/mol. The minimum atomic E-state index is -0.755. The first-order valence-corrected chi connectivity index (χ1v) is 5.86. The van der Waals surface area contributed by atoms with Crippen LogP contribution in [0, 0.1) is 0 Å². The van der Waals surface area contributed by atoms with Crippen LogP contribution in [-0.2, 0) is 9.59 Å². The van der Waals surface area contributed by atoms with Gasteiger partial charge in [-0.2, -0.15) is 0 Å². The Morgan fingerprint density at radius 1 is 1.06 bits per heavy atom. The number of unbranched alkanes of at least 4 members (excludes halogenated alkanes) is 2. The minimum Gasteiger partial charge on any atom is -0.481 e. The van der Waals surface area contributed by atoms with Gasteiger partial charge < -0.3 is 15.7 Å². The van der Waals surface area contributed by atoms with Gasteiger partial charge in [-0.1, -0.05) is 13.3 Å². The number of rotatable bonds is 10. The van der Waals surface area contributed by atoms with Crippen molar-refractivity contribution in [3.05, 3.63) is 0 Å². The van der Waals surface area contributed by atoms with Crippen LogP contribution in [0.2, 0.25) is 0 Å². The number of carbonyl (C=O) groups is 2. The summed E-state index contributed by atoms with van der Waals surface area (Å²) in [6.07, 6.45) is 3.10. The van der Waals surface area contributed by atoms with Crippen molar-refractivity contribution in [2.24, 2.45) is 0 Å². The van der Waals surface area contributed by atoms with Gasteiger partial charge in [0.25, 0.3) is 0 Å². The summed E-state index contributed by atoms with van der Waals surface area (Å²) in [5.41, 5.74) is 0. The highest BCUT2D eigenvalue weighted by atomic mass is 16.4. The van der Waals surface area contributed by atoms with Crippen LogP contribution in [0.15, 0.2) is 0 Å². The maximum atomic E-state index is 11.2. The van der Waals surface area contributed by atoms with Gasteiger partial charge in [-0.25, -0.2) is 0 Å². The van der Waals surface area contributed by atoms with E-state index in [0.29, 0.717) is 25.9 Å². The van der Waals surface area contributed by atoms with E-state index in [9.17, 15) is 9.59 Å². The zero-order valence-electron chi connectivity index (χ0n) is 9.92. The molecule has 0 rings (SSSR count). The molecule has 0 aliphatic carbocycles. The molecular formula is C11H22N2O3. The van der Waals surface area contributed by atoms with Crippen molar-refractivity contribution in [1.29, 1.82) is 0 Å². The molecule has 0 atom stereocenters. The minimum absolute atomic E-state index is 0.0548. The molecule has 0 heterocycles. The Morgan fingerprint density at radius 3 is 2.44 bits per heavy atom. The molecule has 0 aromatic carbocycles. The van der Waals surface area contributed by atoms with Crippen molar-refractivity contribution in [3.63, 3.8) is 0 Å². The second kappa shape index (κ2) is 10.4. The number of carboxylic acid groups (broad SMARTS) is 1. The summed E-state index contributed by atoms with van der Waals surface area (Å²) in [4.78, 5) is 21.4. The highest BCUT2D eigenvalue weighted by Gasteiger charge is 2.00. The smallest absolute Gasteiger partial charge is 0.303 e. The summed E-state index contributed by atoms with van der Waals surface area (Å²) in [5.74, 6) is -0.700. The number of carboxylic acids is 1. The molecule has 5 nitrogen and oxygen atoms in total. The standard InChI is InChI=1S/C11H22N2O3/c1-2-12-9-7-10(14)13-8-5-3-4-6-11(15)16/h12H,2-9H2,1H3,(H,13,14)(H,15,16). The van der Waals surface area contributed by atoms with Gasteiger partial charge in [0.1, 0.15) is 0 Å². The van der Waals surface area contributed by atoms with E-state index in [1.807, 2.05) is 6.92 Å². The van der Waals surface area contributed by atoms with Gasteiger partial charge in [-0.3, -0.25) is 9.59 Å². The van der Waals surface area contributed by atoms with E-state index < -0.39 is 5.97 Å². The quantitative estimate of drug-likeness (QED) is 0.484. The monoisotopic (exact) mass is 230 g/mol. The Balaban J connectivity index is 3.18. The van der Waals surface area contributed by atoms with Crippen LogP contribution in [0.1, 0.15) is 39.0 Å². The second-order valence-corrected chi connectivity index (χ2v) is 3.66. The summed E-state index contributed by atoms with van der Waals surface area (Å²) in [6, 6.07) is 0. The van der Waals surface area contributed by atoms with E-state index in [0.717, 1.165) is 19.4 Å². The summed E-state index contributed by atoms with van der Waals surface area (Å²) < 4.78 is 0. The Kier molecular flexibility index (Phi) is 9.70. The second-order valence-electron chi connectivity index (χ2n) is 3.66. The first-order valence-electron chi connectivity index (χ1n) is 5.86. The van der Waals surface area contributed by atoms with E-state index in [-0.39, 0.29) is 12.3 Å². The molecule has 0 aromatic heterocycles. The lowest BCUT2D eigenvalue weighted by Gasteiger charge is -2.04. The number of hydrogen-bond donors (Lipinski definition) is 3. The lowest BCUT2D eigenvalue weighted by atomic mass is 10.2. The van der Waals surface area contributed by atoms with Gasteiger partial charge in [0.05, 0.1) is 0 Å². The molecule has 0 saturated heterocycles. The highest BCUT2D eigenvalue weighted by Crippen LogP contribution is 1.98. The molecule has 5 heteroatoms. The lowest BCUT2D eigenvalue weighted by Crippen LogP contribution is -2.28. The van der Waals surface area contributed by atoms with Crippen LogP contribution in [0.25, 0.3) is 0 Å². The fourth-order valence-corrected chi connectivity index (χ4v) is 1.27. The largest absolute Gasteiger partial charge is 0.481 e. The molecule has 0 aliphatic rings. The van der Waals surface area contributed by atoms with Gasteiger partial charge in [0, 0.05) is 25.9 Å².